The lowest BCUT2D eigenvalue weighted by atomic mass is 9.77. The van der Waals surface area contributed by atoms with Crippen molar-refractivity contribution in [3.05, 3.63) is 0 Å². The number of terminal acetylenes is 1. The number of hydrogen-bond donors (Lipinski definition) is 1. The van der Waals surface area contributed by atoms with Crippen molar-refractivity contribution in [2.75, 3.05) is 0 Å². The Balaban J connectivity index is 2.36. The number of carbonyl (C=O) groups is 2. The van der Waals surface area contributed by atoms with Crippen molar-refractivity contribution >= 4 is 11.8 Å². The first-order valence-electron chi connectivity index (χ1n) is 8.01. The maximum Gasteiger partial charge on any atom is 0.249 e. The Kier molecular flexibility index (Phi) is 4.61. The molecule has 1 aliphatic heterocycles. The first kappa shape index (κ1) is 15.9. The van der Waals surface area contributed by atoms with Crippen LogP contribution in [0.15, 0.2) is 0 Å². The quantitative estimate of drug-likeness (QED) is 0.809. The molecular formula is C17H26N2O2. The fourth-order valence-corrected chi connectivity index (χ4v) is 3.72. The Bertz CT molecular complexity index is 458. The van der Waals surface area contributed by atoms with Gasteiger partial charge in [0.1, 0.15) is 11.6 Å². The molecule has 2 atom stereocenters. The number of hydrogen-bond acceptors (Lipinski definition) is 2. The van der Waals surface area contributed by atoms with Crippen LogP contribution in [0.5, 0.6) is 0 Å². The summed E-state index contributed by atoms with van der Waals surface area (Å²) in [5.41, 5.74) is -0.677. The van der Waals surface area contributed by atoms with E-state index in [4.69, 9.17) is 6.42 Å². The first-order chi connectivity index (χ1) is 9.93. The van der Waals surface area contributed by atoms with Crippen LogP contribution in [0.4, 0.5) is 0 Å². The zero-order valence-electron chi connectivity index (χ0n) is 13.3. The van der Waals surface area contributed by atoms with Crippen molar-refractivity contribution in [2.24, 2.45) is 5.92 Å². The van der Waals surface area contributed by atoms with Crippen molar-refractivity contribution in [2.45, 2.75) is 76.9 Å². The summed E-state index contributed by atoms with van der Waals surface area (Å²) in [7, 11) is 0. The van der Waals surface area contributed by atoms with Gasteiger partial charge in [-0.3, -0.25) is 9.59 Å². The van der Waals surface area contributed by atoms with Gasteiger partial charge >= 0.3 is 0 Å². The van der Waals surface area contributed by atoms with Gasteiger partial charge in [0.15, 0.2) is 0 Å². The Morgan fingerprint density at radius 3 is 2.43 bits per heavy atom. The largest absolute Gasteiger partial charge is 0.340 e. The van der Waals surface area contributed by atoms with Gasteiger partial charge in [-0.1, -0.05) is 33.1 Å². The molecular weight excluding hydrogens is 264 g/mol. The van der Waals surface area contributed by atoms with E-state index < -0.39 is 11.6 Å². The van der Waals surface area contributed by atoms with E-state index in [2.05, 4.69) is 11.2 Å². The second-order valence-electron chi connectivity index (χ2n) is 6.79. The summed E-state index contributed by atoms with van der Waals surface area (Å²) >= 11 is 0. The topological polar surface area (TPSA) is 49.4 Å². The molecule has 0 bridgehead atoms. The van der Waals surface area contributed by atoms with Gasteiger partial charge in [0.25, 0.3) is 0 Å². The Morgan fingerprint density at radius 1 is 1.29 bits per heavy atom. The number of amides is 2. The average Bonchev–Trinajstić information content (AvgIpc) is 2.43. The molecule has 2 unspecified atom stereocenters. The SMILES string of the molecule is C#CCC(C)N1C(=O)C2(CCCCC2)NC(=O)C1C(C)C. The molecule has 0 aromatic heterocycles. The van der Waals surface area contributed by atoms with Gasteiger partial charge in [0.2, 0.25) is 11.8 Å². The summed E-state index contributed by atoms with van der Waals surface area (Å²) < 4.78 is 0. The highest BCUT2D eigenvalue weighted by Crippen LogP contribution is 2.35. The normalized spacial score (nSPS) is 26.6. The lowest BCUT2D eigenvalue weighted by Gasteiger charge is -2.50. The summed E-state index contributed by atoms with van der Waals surface area (Å²) in [4.78, 5) is 27.5. The minimum absolute atomic E-state index is 0.0182. The van der Waals surface area contributed by atoms with Gasteiger partial charge in [0.05, 0.1) is 0 Å². The minimum atomic E-state index is -0.677. The van der Waals surface area contributed by atoms with Crippen LogP contribution in [-0.2, 0) is 9.59 Å². The molecule has 2 rings (SSSR count). The molecule has 21 heavy (non-hydrogen) atoms. The fourth-order valence-electron chi connectivity index (χ4n) is 3.72. The molecule has 4 nitrogen and oxygen atoms in total. The second kappa shape index (κ2) is 6.09. The highest BCUT2D eigenvalue weighted by atomic mass is 16.2. The van der Waals surface area contributed by atoms with E-state index in [0.29, 0.717) is 6.42 Å². The molecule has 1 N–H and O–H groups in total. The second-order valence-corrected chi connectivity index (χ2v) is 6.79. The van der Waals surface area contributed by atoms with Crippen LogP contribution in [0.25, 0.3) is 0 Å². The predicted octanol–water partition coefficient (Wildman–Crippen LogP) is 2.08. The van der Waals surface area contributed by atoms with Crippen LogP contribution >= 0.6 is 0 Å². The summed E-state index contributed by atoms with van der Waals surface area (Å²) in [6.45, 7) is 5.90. The molecule has 1 saturated heterocycles. The zero-order chi connectivity index (χ0) is 15.6. The van der Waals surface area contributed by atoms with Gasteiger partial charge in [0, 0.05) is 12.5 Å². The number of nitrogens with one attached hydrogen (secondary N) is 1. The molecule has 4 heteroatoms. The maximum absolute atomic E-state index is 13.1. The van der Waals surface area contributed by atoms with Gasteiger partial charge in [-0.25, -0.2) is 0 Å². The molecule has 1 heterocycles. The third-order valence-electron chi connectivity index (χ3n) is 4.80. The minimum Gasteiger partial charge on any atom is -0.340 e. The van der Waals surface area contributed by atoms with Gasteiger partial charge in [-0.15, -0.1) is 12.3 Å². The molecule has 0 radical (unpaired) electrons. The van der Waals surface area contributed by atoms with Gasteiger partial charge in [-0.2, -0.15) is 0 Å². The van der Waals surface area contributed by atoms with Crippen LogP contribution in [-0.4, -0.2) is 34.3 Å². The maximum atomic E-state index is 13.1. The van der Waals surface area contributed by atoms with E-state index in [1.165, 1.54) is 0 Å². The van der Waals surface area contributed by atoms with Crippen LogP contribution < -0.4 is 5.32 Å². The first-order valence-corrected chi connectivity index (χ1v) is 8.01. The Hall–Kier alpha value is -1.50. The van der Waals surface area contributed by atoms with E-state index in [1.807, 2.05) is 20.8 Å². The smallest absolute Gasteiger partial charge is 0.249 e. The van der Waals surface area contributed by atoms with Crippen LogP contribution in [0, 0.1) is 18.3 Å². The third-order valence-corrected chi connectivity index (χ3v) is 4.80. The van der Waals surface area contributed by atoms with E-state index in [0.717, 1.165) is 32.1 Å². The highest BCUT2D eigenvalue weighted by molar-refractivity contribution is 6.00. The van der Waals surface area contributed by atoms with Crippen molar-refractivity contribution in [3.63, 3.8) is 0 Å². The number of rotatable bonds is 3. The standard InChI is InChI=1S/C17H26N2O2/c1-5-9-13(4)19-14(12(2)3)15(20)18-17(16(19)21)10-7-6-8-11-17/h1,12-14H,6-11H2,2-4H3,(H,18,20). The molecule has 1 spiro atoms. The monoisotopic (exact) mass is 290 g/mol. The zero-order valence-corrected chi connectivity index (χ0v) is 13.3. The molecule has 116 valence electrons. The van der Waals surface area contributed by atoms with E-state index in [-0.39, 0.29) is 23.8 Å². The highest BCUT2D eigenvalue weighted by Gasteiger charge is 2.52. The Labute approximate surface area is 127 Å². The summed E-state index contributed by atoms with van der Waals surface area (Å²) in [5, 5.41) is 3.06. The van der Waals surface area contributed by atoms with E-state index >= 15 is 0 Å². The summed E-state index contributed by atoms with van der Waals surface area (Å²) in [6.07, 6.45) is 10.5. The molecule has 2 amide bonds. The molecule has 2 aliphatic rings. The average molecular weight is 290 g/mol. The van der Waals surface area contributed by atoms with E-state index in [1.54, 1.807) is 4.90 Å². The van der Waals surface area contributed by atoms with Crippen LogP contribution in [0.1, 0.15) is 59.3 Å². The third kappa shape index (κ3) is 2.79. The molecule has 1 aliphatic carbocycles. The summed E-state index contributed by atoms with van der Waals surface area (Å²) in [6, 6.07) is -0.506. The molecule has 0 aromatic carbocycles. The molecule has 2 fully saturated rings. The lowest BCUT2D eigenvalue weighted by molar-refractivity contribution is -0.161. The lowest BCUT2D eigenvalue weighted by Crippen LogP contribution is -2.73. The number of carbonyl (C=O) groups excluding carboxylic acids is 2. The van der Waals surface area contributed by atoms with Crippen molar-refractivity contribution < 1.29 is 9.59 Å². The van der Waals surface area contributed by atoms with Gasteiger partial charge < -0.3 is 10.2 Å². The van der Waals surface area contributed by atoms with Crippen molar-refractivity contribution in [3.8, 4) is 12.3 Å². The molecule has 0 aromatic rings. The summed E-state index contributed by atoms with van der Waals surface area (Å²) in [5.74, 6) is 2.76. The fraction of sp³-hybridized carbons (Fsp3) is 0.765. The van der Waals surface area contributed by atoms with Crippen molar-refractivity contribution in [1.29, 1.82) is 0 Å². The van der Waals surface area contributed by atoms with E-state index in [9.17, 15) is 9.59 Å². The predicted molar refractivity (Wildman–Crippen MR) is 82.3 cm³/mol. The van der Waals surface area contributed by atoms with Gasteiger partial charge in [-0.05, 0) is 25.7 Å². The Morgan fingerprint density at radius 2 is 1.90 bits per heavy atom. The number of piperazine rings is 1. The van der Waals surface area contributed by atoms with Crippen LogP contribution in [0.3, 0.4) is 0 Å². The number of nitrogens with zero attached hydrogens (tertiary/aromatic N) is 1. The van der Waals surface area contributed by atoms with Crippen molar-refractivity contribution in [1.82, 2.24) is 10.2 Å². The van der Waals surface area contributed by atoms with Crippen LogP contribution in [0.2, 0.25) is 0 Å². The molecule has 1 saturated carbocycles.